The van der Waals surface area contributed by atoms with Gasteiger partial charge < -0.3 is 11.1 Å². The summed E-state index contributed by atoms with van der Waals surface area (Å²) in [6.45, 7) is 1.11. The number of nitrogens with zero attached hydrogens (tertiary/aromatic N) is 1. The van der Waals surface area contributed by atoms with Crippen molar-refractivity contribution in [1.29, 1.82) is 0 Å². The van der Waals surface area contributed by atoms with Crippen LogP contribution < -0.4 is 11.1 Å². The van der Waals surface area contributed by atoms with E-state index in [1.807, 2.05) is 12.1 Å². The number of aromatic nitrogens is 1. The molecule has 0 aliphatic heterocycles. The van der Waals surface area contributed by atoms with Crippen molar-refractivity contribution in [3.05, 3.63) is 30.1 Å². The molecule has 4 heteroatoms. The molecule has 0 atom stereocenters. The number of ketones is 1. The van der Waals surface area contributed by atoms with E-state index in [4.69, 9.17) is 5.73 Å². The third-order valence-electron chi connectivity index (χ3n) is 1.63. The fraction of sp³-hybridized carbons (Fsp3) is 0.333. The van der Waals surface area contributed by atoms with Gasteiger partial charge in [-0.15, -0.1) is 0 Å². The van der Waals surface area contributed by atoms with Crippen molar-refractivity contribution in [2.75, 3.05) is 13.1 Å². The summed E-state index contributed by atoms with van der Waals surface area (Å²) >= 11 is 0. The van der Waals surface area contributed by atoms with Gasteiger partial charge in [-0.05, 0) is 17.7 Å². The maximum Gasteiger partial charge on any atom is 0.160 e. The largest absolute Gasteiger partial charge is 0.324 e. The molecule has 1 aromatic heterocycles. The highest BCUT2D eigenvalue weighted by atomic mass is 16.1. The Labute approximate surface area is 77.2 Å². The lowest BCUT2D eigenvalue weighted by molar-refractivity contribution is -0.116. The van der Waals surface area contributed by atoms with Crippen LogP contribution in [0, 0.1) is 0 Å². The number of carbonyl (C=O) groups is 1. The Bertz CT molecular complexity index is 261. The van der Waals surface area contributed by atoms with Crippen LogP contribution in [0.25, 0.3) is 0 Å². The third kappa shape index (κ3) is 3.78. The van der Waals surface area contributed by atoms with Gasteiger partial charge in [0.15, 0.2) is 5.78 Å². The Morgan fingerprint density at radius 2 is 2.15 bits per heavy atom. The zero-order valence-corrected chi connectivity index (χ0v) is 7.36. The van der Waals surface area contributed by atoms with E-state index >= 15 is 0 Å². The Balaban J connectivity index is 2.24. The van der Waals surface area contributed by atoms with Crippen molar-refractivity contribution in [2.45, 2.75) is 6.54 Å². The maximum atomic E-state index is 10.8. The van der Waals surface area contributed by atoms with Gasteiger partial charge in [-0.2, -0.15) is 0 Å². The van der Waals surface area contributed by atoms with E-state index < -0.39 is 0 Å². The average molecular weight is 179 g/mol. The van der Waals surface area contributed by atoms with Gasteiger partial charge in [0.05, 0.1) is 13.1 Å². The number of hydrogen-bond acceptors (Lipinski definition) is 4. The highest BCUT2D eigenvalue weighted by Gasteiger charge is 1.96. The number of pyridine rings is 1. The number of hydrogen-bond donors (Lipinski definition) is 2. The molecular weight excluding hydrogens is 166 g/mol. The molecule has 0 spiro atoms. The molecule has 0 amide bonds. The van der Waals surface area contributed by atoms with Gasteiger partial charge in [-0.3, -0.25) is 9.78 Å². The van der Waals surface area contributed by atoms with Crippen molar-refractivity contribution in [1.82, 2.24) is 10.3 Å². The molecule has 1 heterocycles. The number of nitrogens with two attached hydrogens (primary N) is 1. The molecule has 70 valence electrons. The van der Waals surface area contributed by atoms with E-state index in [2.05, 4.69) is 10.3 Å². The first-order chi connectivity index (χ1) is 6.33. The highest BCUT2D eigenvalue weighted by molar-refractivity contribution is 5.82. The second-order valence-electron chi connectivity index (χ2n) is 2.70. The van der Waals surface area contributed by atoms with E-state index in [-0.39, 0.29) is 12.3 Å². The van der Waals surface area contributed by atoms with Gasteiger partial charge in [-0.1, -0.05) is 0 Å². The zero-order chi connectivity index (χ0) is 9.52. The smallest absolute Gasteiger partial charge is 0.160 e. The van der Waals surface area contributed by atoms with Crippen LogP contribution in [0.3, 0.4) is 0 Å². The standard InChI is InChI=1S/C9H13N3O/c10-5-9(13)7-12-6-8-1-3-11-4-2-8/h1-4,12H,5-7,10H2. The summed E-state index contributed by atoms with van der Waals surface area (Å²) in [7, 11) is 0. The fourth-order valence-electron chi connectivity index (χ4n) is 0.919. The summed E-state index contributed by atoms with van der Waals surface area (Å²) in [5.41, 5.74) is 6.26. The van der Waals surface area contributed by atoms with Crippen molar-refractivity contribution in [2.24, 2.45) is 5.73 Å². The summed E-state index contributed by atoms with van der Waals surface area (Å²) < 4.78 is 0. The second kappa shape index (κ2) is 5.40. The van der Waals surface area contributed by atoms with Gasteiger partial charge in [0.1, 0.15) is 0 Å². The third-order valence-corrected chi connectivity index (χ3v) is 1.63. The van der Waals surface area contributed by atoms with Crippen LogP contribution in [-0.2, 0) is 11.3 Å². The van der Waals surface area contributed by atoms with Gasteiger partial charge >= 0.3 is 0 Å². The molecule has 13 heavy (non-hydrogen) atoms. The molecule has 3 N–H and O–H groups in total. The van der Waals surface area contributed by atoms with E-state index in [0.29, 0.717) is 13.1 Å². The first-order valence-corrected chi connectivity index (χ1v) is 4.14. The van der Waals surface area contributed by atoms with Crippen LogP contribution in [0.4, 0.5) is 0 Å². The molecule has 4 nitrogen and oxygen atoms in total. The predicted molar refractivity (Wildman–Crippen MR) is 50.0 cm³/mol. The molecule has 0 aliphatic carbocycles. The quantitative estimate of drug-likeness (QED) is 0.651. The van der Waals surface area contributed by atoms with Crippen molar-refractivity contribution >= 4 is 5.78 Å². The lowest BCUT2D eigenvalue weighted by Gasteiger charge is -2.02. The predicted octanol–water partition coefficient (Wildman–Crippen LogP) is -0.301. The summed E-state index contributed by atoms with van der Waals surface area (Å²) in [5, 5.41) is 3.00. The minimum atomic E-state index is 0.0223. The molecule has 0 aliphatic rings. The Morgan fingerprint density at radius 1 is 1.46 bits per heavy atom. The second-order valence-corrected chi connectivity index (χ2v) is 2.70. The summed E-state index contributed by atoms with van der Waals surface area (Å²) in [5.74, 6) is 0.0223. The molecule has 0 radical (unpaired) electrons. The SMILES string of the molecule is NCC(=O)CNCc1ccncc1. The first kappa shape index (κ1) is 9.83. The van der Waals surface area contributed by atoms with E-state index in [0.717, 1.165) is 5.56 Å². The zero-order valence-electron chi connectivity index (χ0n) is 7.36. The molecule has 0 saturated carbocycles. The van der Waals surface area contributed by atoms with E-state index in [1.54, 1.807) is 12.4 Å². The summed E-state index contributed by atoms with van der Waals surface area (Å²) in [4.78, 5) is 14.7. The normalized spacial score (nSPS) is 9.92. The summed E-state index contributed by atoms with van der Waals surface area (Å²) in [6, 6.07) is 3.81. The number of Topliss-reactive ketones (excluding diaryl/α,β-unsaturated/α-hetero) is 1. The van der Waals surface area contributed by atoms with Crippen LogP contribution in [0.1, 0.15) is 5.56 Å². The Hall–Kier alpha value is -1.26. The van der Waals surface area contributed by atoms with Gasteiger partial charge in [-0.25, -0.2) is 0 Å². The monoisotopic (exact) mass is 179 g/mol. The number of rotatable bonds is 5. The molecule has 0 bridgehead atoms. The number of carbonyl (C=O) groups excluding carboxylic acids is 1. The topological polar surface area (TPSA) is 68.0 Å². The van der Waals surface area contributed by atoms with Crippen LogP contribution in [-0.4, -0.2) is 23.9 Å². The maximum absolute atomic E-state index is 10.8. The molecule has 0 unspecified atom stereocenters. The summed E-state index contributed by atoms with van der Waals surface area (Å²) in [6.07, 6.45) is 3.45. The van der Waals surface area contributed by atoms with Crippen LogP contribution in [0.2, 0.25) is 0 Å². The molecule has 0 saturated heterocycles. The molecule has 0 fully saturated rings. The molecule has 0 aromatic carbocycles. The van der Waals surface area contributed by atoms with E-state index in [1.165, 1.54) is 0 Å². The molecular formula is C9H13N3O. The lowest BCUT2D eigenvalue weighted by atomic mass is 10.2. The lowest BCUT2D eigenvalue weighted by Crippen LogP contribution is -2.27. The van der Waals surface area contributed by atoms with E-state index in [9.17, 15) is 4.79 Å². The average Bonchev–Trinajstić information content (AvgIpc) is 2.19. The first-order valence-electron chi connectivity index (χ1n) is 4.14. The van der Waals surface area contributed by atoms with Crippen LogP contribution in [0.5, 0.6) is 0 Å². The van der Waals surface area contributed by atoms with Crippen molar-refractivity contribution < 1.29 is 4.79 Å². The highest BCUT2D eigenvalue weighted by Crippen LogP contribution is 1.93. The van der Waals surface area contributed by atoms with Gasteiger partial charge in [0.25, 0.3) is 0 Å². The Morgan fingerprint density at radius 3 is 2.77 bits per heavy atom. The van der Waals surface area contributed by atoms with Crippen LogP contribution in [0.15, 0.2) is 24.5 Å². The van der Waals surface area contributed by atoms with Gasteiger partial charge in [0.2, 0.25) is 0 Å². The minimum Gasteiger partial charge on any atom is -0.324 e. The fourth-order valence-corrected chi connectivity index (χ4v) is 0.919. The minimum absolute atomic E-state index is 0.0223. The van der Waals surface area contributed by atoms with Crippen LogP contribution >= 0.6 is 0 Å². The van der Waals surface area contributed by atoms with Crippen molar-refractivity contribution in [3.8, 4) is 0 Å². The molecule has 1 aromatic rings. The Kier molecular flexibility index (Phi) is 4.08. The van der Waals surface area contributed by atoms with Crippen molar-refractivity contribution in [3.63, 3.8) is 0 Å². The van der Waals surface area contributed by atoms with Gasteiger partial charge in [0, 0.05) is 18.9 Å². The number of nitrogens with one attached hydrogen (secondary N) is 1. The molecule has 1 rings (SSSR count).